The molecule has 0 N–H and O–H groups in total. The van der Waals surface area contributed by atoms with Gasteiger partial charge < -0.3 is 4.90 Å². The third-order valence-corrected chi connectivity index (χ3v) is 7.74. The molecule has 1 aliphatic rings. The van der Waals surface area contributed by atoms with Crippen LogP contribution in [0.15, 0.2) is 34.1 Å². The maximum atomic E-state index is 13.2. The summed E-state index contributed by atoms with van der Waals surface area (Å²) in [4.78, 5) is 27.1. The van der Waals surface area contributed by atoms with E-state index < -0.39 is 0 Å². The molecule has 7 heteroatoms. The lowest BCUT2D eigenvalue weighted by Crippen LogP contribution is -2.39. The number of aromatic nitrogens is 2. The van der Waals surface area contributed by atoms with Crippen molar-refractivity contribution in [3.05, 3.63) is 61.2 Å². The number of hydrogen-bond donors (Lipinski definition) is 0. The Hall–Kier alpha value is -1.70. The molecule has 4 nitrogen and oxygen atoms in total. The van der Waals surface area contributed by atoms with Crippen LogP contribution < -0.4 is 0 Å². The van der Waals surface area contributed by atoms with Crippen LogP contribution >= 0.6 is 34.4 Å². The van der Waals surface area contributed by atoms with Crippen LogP contribution in [0.3, 0.4) is 0 Å². The van der Waals surface area contributed by atoms with Gasteiger partial charge in [-0.15, -0.1) is 22.7 Å². The summed E-state index contributed by atoms with van der Waals surface area (Å²) in [7, 11) is 0. The van der Waals surface area contributed by atoms with E-state index in [-0.39, 0.29) is 11.9 Å². The molecule has 3 aromatic heterocycles. The molecule has 0 fully saturated rings. The van der Waals surface area contributed by atoms with E-state index in [1.807, 2.05) is 20.1 Å². The molecule has 1 unspecified atom stereocenters. The van der Waals surface area contributed by atoms with Gasteiger partial charge in [-0.3, -0.25) is 4.79 Å². The van der Waals surface area contributed by atoms with Crippen molar-refractivity contribution in [1.82, 2.24) is 14.9 Å². The molecule has 1 amide bonds. The van der Waals surface area contributed by atoms with Crippen LogP contribution in [0.5, 0.6) is 0 Å². The lowest BCUT2D eigenvalue weighted by Gasteiger charge is -2.35. The quantitative estimate of drug-likeness (QED) is 0.421. The molecular weight excluding hydrogens is 406 g/mol. The van der Waals surface area contributed by atoms with E-state index in [1.165, 1.54) is 15.3 Å². The van der Waals surface area contributed by atoms with E-state index in [0.29, 0.717) is 12.8 Å². The standard InChI is InChI=1S/C21H23N3OS3/c1-13-15(14(2)23-21(22-13)26-3)6-7-19(25)24-10-8-17-16(9-12-28-17)20(24)18-5-4-11-27-18/h4-5,9,11-12,20H,6-8,10H2,1-3H3. The zero-order chi connectivity index (χ0) is 19.7. The molecule has 0 spiro atoms. The lowest BCUT2D eigenvalue weighted by molar-refractivity contribution is -0.133. The molecule has 0 radical (unpaired) electrons. The molecule has 3 aromatic rings. The first-order valence-corrected chi connectivity index (χ1v) is 12.3. The molecule has 1 aliphatic heterocycles. The van der Waals surface area contributed by atoms with E-state index in [4.69, 9.17) is 0 Å². The topological polar surface area (TPSA) is 46.1 Å². The monoisotopic (exact) mass is 429 g/mol. The molecule has 0 saturated heterocycles. The van der Waals surface area contributed by atoms with Crippen molar-refractivity contribution in [2.75, 3.05) is 12.8 Å². The Morgan fingerprint density at radius 2 is 2.00 bits per heavy atom. The van der Waals surface area contributed by atoms with Crippen LogP contribution in [0.4, 0.5) is 0 Å². The number of aryl methyl sites for hydroxylation is 2. The minimum Gasteiger partial charge on any atom is -0.330 e. The van der Waals surface area contributed by atoms with Crippen molar-refractivity contribution in [1.29, 1.82) is 0 Å². The number of rotatable bonds is 5. The van der Waals surface area contributed by atoms with Crippen LogP contribution in [-0.2, 0) is 17.6 Å². The van der Waals surface area contributed by atoms with Crippen LogP contribution in [0.25, 0.3) is 0 Å². The summed E-state index contributed by atoms with van der Waals surface area (Å²) < 4.78 is 0. The van der Waals surface area contributed by atoms with Gasteiger partial charge in [-0.25, -0.2) is 9.97 Å². The number of fused-ring (bicyclic) bond motifs is 1. The van der Waals surface area contributed by atoms with Gasteiger partial charge in [0.1, 0.15) is 0 Å². The van der Waals surface area contributed by atoms with Crippen molar-refractivity contribution in [2.24, 2.45) is 0 Å². The van der Waals surface area contributed by atoms with Crippen LogP contribution in [-0.4, -0.2) is 33.6 Å². The molecule has 0 saturated carbocycles. The average molecular weight is 430 g/mol. The Morgan fingerprint density at radius 1 is 1.21 bits per heavy atom. The molecule has 0 aliphatic carbocycles. The van der Waals surface area contributed by atoms with E-state index in [2.05, 4.69) is 43.8 Å². The summed E-state index contributed by atoms with van der Waals surface area (Å²) in [6.45, 7) is 4.82. The van der Waals surface area contributed by atoms with Crippen molar-refractivity contribution >= 4 is 40.3 Å². The molecule has 0 bridgehead atoms. The van der Waals surface area contributed by atoms with Crippen molar-refractivity contribution < 1.29 is 4.79 Å². The highest BCUT2D eigenvalue weighted by atomic mass is 32.2. The Morgan fingerprint density at radius 3 is 2.68 bits per heavy atom. The van der Waals surface area contributed by atoms with Gasteiger partial charge in [-0.05, 0) is 67.0 Å². The number of carbonyl (C=O) groups is 1. The maximum absolute atomic E-state index is 13.2. The highest BCUT2D eigenvalue weighted by molar-refractivity contribution is 7.98. The van der Waals surface area contributed by atoms with Crippen molar-refractivity contribution in [2.45, 2.75) is 44.3 Å². The number of carbonyl (C=O) groups excluding carboxylic acids is 1. The van der Waals surface area contributed by atoms with Crippen LogP contribution in [0.1, 0.15) is 44.7 Å². The largest absolute Gasteiger partial charge is 0.330 e. The molecule has 4 heterocycles. The number of thiophene rings is 2. The van der Waals surface area contributed by atoms with Gasteiger partial charge in [-0.1, -0.05) is 17.8 Å². The molecule has 4 rings (SSSR count). The van der Waals surface area contributed by atoms with E-state index in [9.17, 15) is 4.79 Å². The Kier molecular flexibility index (Phi) is 5.85. The third kappa shape index (κ3) is 3.75. The van der Waals surface area contributed by atoms with Gasteiger partial charge in [0.05, 0.1) is 6.04 Å². The Bertz CT molecular complexity index is 958. The first-order valence-electron chi connectivity index (χ1n) is 9.35. The zero-order valence-electron chi connectivity index (χ0n) is 16.3. The minimum atomic E-state index is 0.0554. The molecule has 0 aromatic carbocycles. The second kappa shape index (κ2) is 8.35. The summed E-state index contributed by atoms with van der Waals surface area (Å²) >= 11 is 5.09. The summed E-state index contributed by atoms with van der Waals surface area (Å²) in [6, 6.07) is 6.46. The van der Waals surface area contributed by atoms with Gasteiger partial charge >= 0.3 is 0 Å². The summed E-state index contributed by atoms with van der Waals surface area (Å²) in [5.74, 6) is 0.211. The smallest absolute Gasteiger partial charge is 0.223 e. The van der Waals surface area contributed by atoms with Gasteiger partial charge in [0, 0.05) is 34.1 Å². The summed E-state index contributed by atoms with van der Waals surface area (Å²) in [5.41, 5.74) is 4.37. The van der Waals surface area contributed by atoms with Crippen molar-refractivity contribution in [3.63, 3.8) is 0 Å². The van der Waals surface area contributed by atoms with Crippen LogP contribution in [0.2, 0.25) is 0 Å². The second-order valence-electron chi connectivity index (χ2n) is 6.91. The van der Waals surface area contributed by atoms with Gasteiger partial charge in [-0.2, -0.15) is 0 Å². The SMILES string of the molecule is CSc1nc(C)c(CCC(=O)N2CCc3sccc3C2c2cccs2)c(C)n1. The van der Waals surface area contributed by atoms with Crippen molar-refractivity contribution in [3.8, 4) is 0 Å². The highest BCUT2D eigenvalue weighted by Crippen LogP contribution is 2.39. The summed E-state index contributed by atoms with van der Waals surface area (Å²) in [5, 5.41) is 5.04. The van der Waals surface area contributed by atoms with Gasteiger partial charge in [0.15, 0.2) is 5.16 Å². The molecule has 28 heavy (non-hydrogen) atoms. The average Bonchev–Trinajstić information content (AvgIpc) is 3.37. The zero-order valence-corrected chi connectivity index (χ0v) is 18.7. The lowest BCUT2D eigenvalue weighted by atomic mass is 9.97. The Balaban J connectivity index is 1.55. The fraction of sp³-hybridized carbons (Fsp3) is 0.381. The van der Waals surface area contributed by atoms with E-state index in [1.54, 1.807) is 34.4 Å². The van der Waals surface area contributed by atoms with Gasteiger partial charge in [0.25, 0.3) is 0 Å². The third-order valence-electron chi connectivity index (χ3n) is 5.27. The fourth-order valence-corrected chi connectivity index (χ4v) is 6.09. The molecule has 1 atom stereocenters. The Labute approximate surface area is 178 Å². The number of nitrogens with zero attached hydrogens (tertiary/aromatic N) is 3. The van der Waals surface area contributed by atoms with E-state index >= 15 is 0 Å². The molecular formula is C21H23N3OS3. The fourth-order valence-electron chi connectivity index (χ4n) is 3.88. The highest BCUT2D eigenvalue weighted by Gasteiger charge is 2.33. The first kappa shape index (κ1) is 19.6. The second-order valence-corrected chi connectivity index (χ2v) is 9.67. The number of amides is 1. The predicted octanol–water partition coefficient (Wildman–Crippen LogP) is 5.05. The minimum absolute atomic E-state index is 0.0554. The van der Waals surface area contributed by atoms with E-state index in [0.717, 1.165) is 35.1 Å². The normalized spacial score (nSPS) is 16.2. The number of thioether (sulfide) groups is 1. The number of hydrogen-bond acceptors (Lipinski definition) is 6. The van der Waals surface area contributed by atoms with Gasteiger partial charge in [0.2, 0.25) is 5.91 Å². The summed E-state index contributed by atoms with van der Waals surface area (Å²) in [6.07, 6.45) is 4.11. The maximum Gasteiger partial charge on any atom is 0.223 e. The predicted molar refractivity (Wildman–Crippen MR) is 118 cm³/mol. The first-order chi connectivity index (χ1) is 13.6. The van der Waals surface area contributed by atoms with Crippen LogP contribution in [0, 0.1) is 13.8 Å². The molecule has 146 valence electrons.